The number of nitrogens with zero attached hydrogens (tertiary/aromatic N) is 5. The first-order valence-corrected chi connectivity index (χ1v) is 10.1. The van der Waals surface area contributed by atoms with Gasteiger partial charge in [-0.15, -0.1) is 0 Å². The van der Waals surface area contributed by atoms with Crippen LogP contribution >= 0.6 is 12.6 Å². The minimum Gasteiger partial charge on any atom is -0.333 e. The third-order valence-corrected chi connectivity index (χ3v) is 3.47. The first kappa shape index (κ1) is 28.2. The molecule has 0 unspecified atom stereocenters. The molecule has 28 heavy (non-hydrogen) atoms. The van der Waals surface area contributed by atoms with Crippen molar-refractivity contribution in [3.05, 3.63) is 47.7 Å². The quantitative estimate of drug-likeness (QED) is 0.403. The van der Waals surface area contributed by atoms with Crippen LogP contribution in [0.3, 0.4) is 0 Å². The van der Waals surface area contributed by atoms with E-state index in [1.807, 2.05) is 47.0 Å². The van der Waals surface area contributed by atoms with Crippen LogP contribution in [-0.2, 0) is 0 Å². The third-order valence-electron chi connectivity index (χ3n) is 3.47. The van der Waals surface area contributed by atoms with Gasteiger partial charge in [-0.25, -0.2) is 25.8 Å². The molecule has 0 aliphatic heterocycles. The van der Waals surface area contributed by atoms with Gasteiger partial charge in [-0.1, -0.05) is 27.7 Å². The van der Waals surface area contributed by atoms with E-state index in [4.69, 9.17) is 5.84 Å². The Bertz CT molecular complexity index is 703. The van der Waals surface area contributed by atoms with E-state index in [1.54, 1.807) is 17.5 Å². The maximum atomic E-state index is 6.19. The standard InChI is InChI=1S/C16H22N6.C2H6.CH5N.CH4S/c1-10(2)15(14-6-19-13(5)21-11(14)3)8-22(17)16-7-18-9-20-12(16)4;3*1-2/h6-10H,17H2,1-5H3;1-2H3;2H2,1H3;2H,1H3/b15-8+;;;. The van der Waals surface area contributed by atoms with Gasteiger partial charge in [0, 0.05) is 23.7 Å². The van der Waals surface area contributed by atoms with Gasteiger partial charge in [-0.3, -0.25) is 5.01 Å². The fourth-order valence-electron chi connectivity index (χ4n) is 2.25. The predicted octanol–water partition coefficient (Wildman–Crippen LogP) is 3.72. The lowest BCUT2D eigenvalue weighted by molar-refractivity contribution is 0.838. The number of aryl methyl sites for hydroxylation is 3. The summed E-state index contributed by atoms with van der Waals surface area (Å²) in [5.41, 5.74) is 9.12. The van der Waals surface area contributed by atoms with Crippen LogP contribution in [0.1, 0.15) is 50.5 Å². The topological polar surface area (TPSA) is 107 Å². The normalized spacial score (nSPS) is 9.96. The van der Waals surface area contributed by atoms with Crippen molar-refractivity contribution in [3.8, 4) is 0 Å². The Morgan fingerprint density at radius 1 is 1.04 bits per heavy atom. The van der Waals surface area contributed by atoms with E-state index in [-0.39, 0.29) is 5.92 Å². The molecular formula is C20H37N7S. The van der Waals surface area contributed by atoms with Gasteiger partial charge in [0.05, 0.1) is 17.6 Å². The fraction of sp³-hybridized carbons (Fsp3) is 0.500. The van der Waals surface area contributed by atoms with Crippen molar-refractivity contribution in [2.75, 3.05) is 18.3 Å². The molecule has 7 nitrogen and oxygen atoms in total. The highest BCUT2D eigenvalue weighted by Gasteiger charge is 2.14. The molecule has 8 heteroatoms. The molecule has 0 aliphatic carbocycles. The summed E-state index contributed by atoms with van der Waals surface area (Å²) in [6.45, 7) is 14.0. The van der Waals surface area contributed by atoms with E-state index in [9.17, 15) is 0 Å². The predicted molar refractivity (Wildman–Crippen MR) is 124 cm³/mol. The van der Waals surface area contributed by atoms with Crippen molar-refractivity contribution in [2.24, 2.45) is 17.5 Å². The molecular weight excluding hydrogens is 370 g/mol. The molecule has 0 aliphatic rings. The minimum atomic E-state index is 0.279. The lowest BCUT2D eigenvalue weighted by Crippen LogP contribution is -2.26. The second-order valence-corrected chi connectivity index (χ2v) is 5.56. The van der Waals surface area contributed by atoms with E-state index >= 15 is 0 Å². The third kappa shape index (κ3) is 8.77. The molecule has 158 valence electrons. The number of allylic oxidation sites excluding steroid dienone is 1. The molecule has 0 fully saturated rings. The molecule has 0 aromatic carbocycles. The van der Waals surface area contributed by atoms with Gasteiger partial charge in [0.2, 0.25) is 0 Å². The minimum absolute atomic E-state index is 0.279. The van der Waals surface area contributed by atoms with Gasteiger partial charge in [-0.2, -0.15) is 12.6 Å². The van der Waals surface area contributed by atoms with Gasteiger partial charge in [-0.05, 0) is 45.6 Å². The van der Waals surface area contributed by atoms with Crippen LogP contribution in [0.4, 0.5) is 5.69 Å². The van der Waals surface area contributed by atoms with Gasteiger partial charge < -0.3 is 5.73 Å². The van der Waals surface area contributed by atoms with E-state index in [2.05, 4.69) is 52.1 Å². The number of rotatable bonds is 4. The van der Waals surface area contributed by atoms with Gasteiger partial charge in [0.15, 0.2) is 0 Å². The molecule has 2 heterocycles. The van der Waals surface area contributed by atoms with Crippen molar-refractivity contribution < 1.29 is 0 Å². The lowest BCUT2D eigenvalue weighted by atomic mass is 9.96. The Balaban J connectivity index is 0. The van der Waals surface area contributed by atoms with Crippen LogP contribution in [-0.4, -0.2) is 33.2 Å². The molecule has 0 spiro atoms. The number of anilines is 1. The summed E-state index contributed by atoms with van der Waals surface area (Å²) in [6.07, 6.45) is 8.66. The van der Waals surface area contributed by atoms with Crippen LogP contribution in [0.15, 0.2) is 24.9 Å². The average Bonchev–Trinajstić information content (AvgIpc) is 2.71. The zero-order chi connectivity index (χ0) is 22.3. The lowest BCUT2D eigenvalue weighted by Gasteiger charge is -2.20. The molecule has 0 atom stereocenters. The Labute approximate surface area is 176 Å². The second-order valence-electron chi connectivity index (χ2n) is 5.56. The number of aromatic nitrogens is 4. The van der Waals surface area contributed by atoms with Crippen LogP contribution in [0.2, 0.25) is 0 Å². The smallest absolute Gasteiger partial charge is 0.125 e. The van der Waals surface area contributed by atoms with Gasteiger partial charge in [0.1, 0.15) is 12.2 Å². The first-order valence-electron chi connectivity index (χ1n) is 9.25. The Kier molecular flexibility index (Phi) is 16.1. The van der Waals surface area contributed by atoms with Crippen molar-refractivity contribution in [1.29, 1.82) is 0 Å². The number of nitrogens with two attached hydrogens (primary N) is 2. The first-order chi connectivity index (χ1) is 13.4. The van der Waals surface area contributed by atoms with Gasteiger partial charge >= 0.3 is 0 Å². The van der Waals surface area contributed by atoms with Gasteiger partial charge in [0.25, 0.3) is 0 Å². The zero-order valence-corrected chi connectivity index (χ0v) is 19.6. The monoisotopic (exact) mass is 407 g/mol. The molecule has 0 amide bonds. The molecule has 2 rings (SSSR count). The average molecular weight is 408 g/mol. The van der Waals surface area contributed by atoms with Crippen molar-refractivity contribution in [3.63, 3.8) is 0 Å². The second kappa shape index (κ2) is 16.0. The molecule has 2 aromatic heterocycles. The number of hydrogen-bond donors (Lipinski definition) is 3. The molecule has 4 N–H and O–H groups in total. The number of hydrogen-bond acceptors (Lipinski definition) is 8. The highest BCUT2D eigenvalue weighted by atomic mass is 32.1. The van der Waals surface area contributed by atoms with Crippen molar-refractivity contribution in [1.82, 2.24) is 19.9 Å². The zero-order valence-electron chi connectivity index (χ0n) is 18.7. The van der Waals surface area contributed by atoms with E-state index < -0.39 is 0 Å². The molecule has 0 radical (unpaired) electrons. The molecule has 0 saturated carbocycles. The summed E-state index contributed by atoms with van der Waals surface area (Å²) in [7, 11) is 1.50. The summed E-state index contributed by atoms with van der Waals surface area (Å²) in [5, 5.41) is 1.56. The summed E-state index contributed by atoms with van der Waals surface area (Å²) < 4.78 is 0. The largest absolute Gasteiger partial charge is 0.333 e. The number of thiol groups is 1. The van der Waals surface area contributed by atoms with Crippen LogP contribution in [0.5, 0.6) is 0 Å². The molecule has 2 aromatic rings. The Morgan fingerprint density at radius 3 is 2.07 bits per heavy atom. The summed E-state index contributed by atoms with van der Waals surface area (Å²) in [6, 6.07) is 0. The van der Waals surface area contributed by atoms with E-state index in [0.29, 0.717) is 0 Å². The molecule has 0 saturated heterocycles. The summed E-state index contributed by atoms with van der Waals surface area (Å²) in [5.74, 6) is 7.23. The van der Waals surface area contributed by atoms with Crippen LogP contribution in [0.25, 0.3) is 5.57 Å². The fourth-order valence-corrected chi connectivity index (χ4v) is 2.25. The maximum Gasteiger partial charge on any atom is 0.125 e. The highest BCUT2D eigenvalue weighted by Crippen LogP contribution is 2.26. The van der Waals surface area contributed by atoms with Crippen molar-refractivity contribution >= 4 is 23.9 Å². The Morgan fingerprint density at radius 2 is 1.61 bits per heavy atom. The number of hydrazine groups is 1. The SMILES string of the molecule is CC.CN.CS.Cc1ncc(/C(=C/N(N)c2cncnc2C)C(C)C)c(C)n1. The van der Waals surface area contributed by atoms with Crippen molar-refractivity contribution in [2.45, 2.75) is 48.5 Å². The maximum absolute atomic E-state index is 6.19. The van der Waals surface area contributed by atoms with Crippen LogP contribution < -0.4 is 16.6 Å². The van der Waals surface area contributed by atoms with Crippen LogP contribution in [0, 0.1) is 26.7 Å². The molecule has 0 bridgehead atoms. The van der Waals surface area contributed by atoms with E-state index in [1.165, 1.54) is 13.4 Å². The highest BCUT2D eigenvalue weighted by molar-refractivity contribution is 7.79. The Hall–Kier alpha value is -2.03. The summed E-state index contributed by atoms with van der Waals surface area (Å²) in [4.78, 5) is 16.9. The summed E-state index contributed by atoms with van der Waals surface area (Å²) >= 11 is 3.53. The van der Waals surface area contributed by atoms with E-state index in [0.717, 1.165) is 34.0 Å².